The van der Waals surface area contributed by atoms with E-state index in [2.05, 4.69) is 10.6 Å². The predicted octanol–water partition coefficient (Wildman–Crippen LogP) is 0.966. The minimum atomic E-state index is -0.320. The first-order valence-corrected chi connectivity index (χ1v) is 6.12. The van der Waals surface area contributed by atoms with Gasteiger partial charge in [0.05, 0.1) is 13.0 Å². The molecule has 1 rings (SSSR count). The largest absolute Gasteiger partial charge is 0.508 e. The number of hydrogen-bond donors (Lipinski definition) is 3. The van der Waals surface area contributed by atoms with Crippen molar-refractivity contribution >= 4 is 11.8 Å². The standard InChI is InChI=1S/C14H20N2O3/c1-14(2,3)16-13(19)9-15-12(18)8-10-6-4-5-7-11(10)17/h4-7,17H,8-9H2,1-3H3,(H,15,18)(H,16,19). The van der Waals surface area contributed by atoms with E-state index in [4.69, 9.17) is 0 Å². The molecule has 5 nitrogen and oxygen atoms in total. The zero-order chi connectivity index (χ0) is 14.5. The summed E-state index contributed by atoms with van der Waals surface area (Å²) in [6.45, 7) is 5.54. The van der Waals surface area contributed by atoms with E-state index >= 15 is 0 Å². The zero-order valence-corrected chi connectivity index (χ0v) is 11.5. The van der Waals surface area contributed by atoms with Crippen molar-refractivity contribution in [3.8, 4) is 5.75 Å². The van der Waals surface area contributed by atoms with E-state index in [9.17, 15) is 14.7 Å². The Morgan fingerprint density at radius 1 is 1.16 bits per heavy atom. The number of nitrogens with one attached hydrogen (secondary N) is 2. The maximum absolute atomic E-state index is 11.6. The van der Waals surface area contributed by atoms with Crippen molar-refractivity contribution in [2.45, 2.75) is 32.7 Å². The second-order valence-corrected chi connectivity index (χ2v) is 5.38. The first-order chi connectivity index (χ1) is 8.78. The minimum Gasteiger partial charge on any atom is -0.508 e. The number of aromatic hydroxyl groups is 1. The number of hydrogen-bond acceptors (Lipinski definition) is 3. The lowest BCUT2D eigenvalue weighted by Gasteiger charge is -2.20. The van der Waals surface area contributed by atoms with Gasteiger partial charge in [-0.2, -0.15) is 0 Å². The summed E-state index contributed by atoms with van der Waals surface area (Å²) in [4.78, 5) is 23.1. The van der Waals surface area contributed by atoms with Crippen molar-refractivity contribution in [3.63, 3.8) is 0 Å². The molecule has 104 valence electrons. The Morgan fingerprint density at radius 3 is 2.37 bits per heavy atom. The molecule has 0 heterocycles. The van der Waals surface area contributed by atoms with Gasteiger partial charge in [0, 0.05) is 11.1 Å². The smallest absolute Gasteiger partial charge is 0.239 e. The van der Waals surface area contributed by atoms with Crippen LogP contribution in [0, 0.1) is 0 Å². The highest BCUT2D eigenvalue weighted by Gasteiger charge is 2.14. The molecule has 0 aromatic heterocycles. The van der Waals surface area contributed by atoms with Gasteiger partial charge in [-0.25, -0.2) is 0 Å². The predicted molar refractivity (Wildman–Crippen MR) is 72.7 cm³/mol. The minimum absolute atomic E-state index is 0.0511. The van der Waals surface area contributed by atoms with Crippen molar-refractivity contribution in [1.29, 1.82) is 0 Å². The third kappa shape index (κ3) is 5.90. The molecular formula is C14H20N2O3. The molecule has 19 heavy (non-hydrogen) atoms. The molecule has 0 aliphatic heterocycles. The van der Waals surface area contributed by atoms with Gasteiger partial charge in [0.1, 0.15) is 5.75 Å². The van der Waals surface area contributed by atoms with Crippen LogP contribution in [-0.4, -0.2) is 29.0 Å². The molecule has 5 heteroatoms. The maximum Gasteiger partial charge on any atom is 0.239 e. The quantitative estimate of drug-likeness (QED) is 0.758. The number of amides is 2. The molecule has 3 N–H and O–H groups in total. The van der Waals surface area contributed by atoms with Crippen LogP contribution in [0.15, 0.2) is 24.3 Å². The van der Waals surface area contributed by atoms with Gasteiger partial charge in [-0.1, -0.05) is 18.2 Å². The van der Waals surface area contributed by atoms with Gasteiger partial charge in [-0.05, 0) is 26.8 Å². The van der Waals surface area contributed by atoms with E-state index in [0.717, 1.165) is 0 Å². The summed E-state index contributed by atoms with van der Waals surface area (Å²) in [7, 11) is 0. The van der Waals surface area contributed by atoms with Crippen LogP contribution >= 0.6 is 0 Å². The lowest BCUT2D eigenvalue weighted by Crippen LogP contribution is -2.46. The fraction of sp³-hybridized carbons (Fsp3) is 0.429. The fourth-order valence-corrected chi connectivity index (χ4v) is 1.54. The van der Waals surface area contributed by atoms with Crippen LogP contribution in [0.4, 0.5) is 0 Å². The number of carbonyl (C=O) groups excluding carboxylic acids is 2. The summed E-state index contributed by atoms with van der Waals surface area (Å²) in [5.41, 5.74) is 0.218. The van der Waals surface area contributed by atoms with E-state index in [-0.39, 0.29) is 36.1 Å². The number of benzene rings is 1. The topological polar surface area (TPSA) is 78.4 Å². The molecule has 0 saturated heterocycles. The van der Waals surface area contributed by atoms with Gasteiger partial charge < -0.3 is 15.7 Å². The van der Waals surface area contributed by atoms with Crippen molar-refractivity contribution in [2.24, 2.45) is 0 Å². The summed E-state index contributed by atoms with van der Waals surface area (Å²) >= 11 is 0. The molecule has 0 aliphatic rings. The highest BCUT2D eigenvalue weighted by molar-refractivity contribution is 5.86. The number of rotatable bonds is 4. The summed E-state index contributed by atoms with van der Waals surface area (Å²) in [6.07, 6.45) is 0.0511. The van der Waals surface area contributed by atoms with Gasteiger partial charge in [-0.3, -0.25) is 9.59 Å². The Hall–Kier alpha value is -2.04. The van der Waals surface area contributed by atoms with Crippen LogP contribution in [0.1, 0.15) is 26.3 Å². The number of phenolic OH excluding ortho intramolecular Hbond substituents is 1. The molecule has 1 aromatic carbocycles. The molecule has 2 amide bonds. The summed E-state index contributed by atoms with van der Waals surface area (Å²) in [5.74, 6) is -0.458. The van der Waals surface area contributed by atoms with Gasteiger partial charge >= 0.3 is 0 Å². The van der Waals surface area contributed by atoms with E-state index in [1.165, 1.54) is 6.07 Å². The average Bonchev–Trinajstić information content (AvgIpc) is 2.27. The van der Waals surface area contributed by atoms with Crippen molar-refractivity contribution in [1.82, 2.24) is 10.6 Å². The molecule has 1 aromatic rings. The fourth-order valence-electron chi connectivity index (χ4n) is 1.54. The van der Waals surface area contributed by atoms with Gasteiger partial charge in [0.2, 0.25) is 11.8 Å². The van der Waals surface area contributed by atoms with Crippen LogP contribution in [0.5, 0.6) is 5.75 Å². The average molecular weight is 264 g/mol. The highest BCUT2D eigenvalue weighted by Crippen LogP contribution is 2.15. The van der Waals surface area contributed by atoms with Crippen molar-refractivity contribution in [3.05, 3.63) is 29.8 Å². The molecule has 0 fully saturated rings. The summed E-state index contributed by atoms with van der Waals surface area (Å²) in [6, 6.07) is 6.63. The van der Waals surface area contributed by atoms with Crippen LogP contribution in [0.2, 0.25) is 0 Å². The first kappa shape index (κ1) is 15.0. The van der Waals surface area contributed by atoms with Crippen molar-refractivity contribution in [2.75, 3.05) is 6.54 Å². The van der Waals surface area contributed by atoms with Gasteiger partial charge in [0.15, 0.2) is 0 Å². The molecule has 0 spiro atoms. The number of para-hydroxylation sites is 1. The Balaban J connectivity index is 2.41. The first-order valence-electron chi connectivity index (χ1n) is 6.12. The molecule has 0 saturated carbocycles. The lowest BCUT2D eigenvalue weighted by molar-refractivity contribution is -0.126. The summed E-state index contributed by atoms with van der Waals surface area (Å²) in [5, 5.41) is 14.8. The van der Waals surface area contributed by atoms with Crippen LogP contribution < -0.4 is 10.6 Å². The molecule has 0 atom stereocenters. The van der Waals surface area contributed by atoms with Crippen LogP contribution in [0.25, 0.3) is 0 Å². The molecule has 0 aliphatic carbocycles. The molecular weight excluding hydrogens is 244 g/mol. The van der Waals surface area contributed by atoms with Crippen LogP contribution in [-0.2, 0) is 16.0 Å². The molecule has 0 radical (unpaired) electrons. The van der Waals surface area contributed by atoms with E-state index in [0.29, 0.717) is 5.56 Å². The molecule has 0 unspecified atom stereocenters. The highest BCUT2D eigenvalue weighted by atomic mass is 16.3. The van der Waals surface area contributed by atoms with E-state index < -0.39 is 0 Å². The SMILES string of the molecule is CC(C)(C)NC(=O)CNC(=O)Cc1ccccc1O. The molecule has 0 bridgehead atoms. The van der Waals surface area contributed by atoms with E-state index in [1.54, 1.807) is 18.2 Å². The number of carbonyl (C=O) groups is 2. The maximum atomic E-state index is 11.6. The van der Waals surface area contributed by atoms with Gasteiger partial charge in [-0.15, -0.1) is 0 Å². The lowest BCUT2D eigenvalue weighted by atomic mass is 10.1. The van der Waals surface area contributed by atoms with Crippen LogP contribution in [0.3, 0.4) is 0 Å². The van der Waals surface area contributed by atoms with Gasteiger partial charge in [0.25, 0.3) is 0 Å². The Morgan fingerprint density at radius 2 is 1.79 bits per heavy atom. The second-order valence-electron chi connectivity index (χ2n) is 5.38. The Labute approximate surface area is 113 Å². The monoisotopic (exact) mass is 264 g/mol. The number of phenols is 1. The second kappa shape index (κ2) is 6.22. The van der Waals surface area contributed by atoms with E-state index in [1.807, 2.05) is 20.8 Å². The zero-order valence-electron chi connectivity index (χ0n) is 11.5. The normalized spacial score (nSPS) is 10.9. The van der Waals surface area contributed by atoms with Crippen molar-refractivity contribution < 1.29 is 14.7 Å². The third-order valence-electron chi connectivity index (χ3n) is 2.30. The summed E-state index contributed by atoms with van der Waals surface area (Å²) < 4.78 is 0. The third-order valence-corrected chi connectivity index (χ3v) is 2.30. The Bertz CT molecular complexity index is 464. The Kier molecular flexibility index (Phi) is 4.92.